The molecule has 5 N–H and O–H groups in total. The zero-order chi connectivity index (χ0) is 21.5. The Hall–Kier alpha value is -3.69. The Balaban J connectivity index is 1.43. The summed E-state index contributed by atoms with van der Waals surface area (Å²) in [6.07, 6.45) is 2.91. The van der Waals surface area contributed by atoms with Gasteiger partial charge in [0.05, 0.1) is 17.5 Å². The van der Waals surface area contributed by atoms with Crippen molar-refractivity contribution in [1.82, 2.24) is 25.7 Å². The quantitative estimate of drug-likeness (QED) is 0.513. The number of imide groups is 1. The molecular weight excluding hydrogens is 388 g/mol. The van der Waals surface area contributed by atoms with Gasteiger partial charge in [0.25, 0.3) is 17.7 Å². The second kappa shape index (κ2) is 7.29. The van der Waals surface area contributed by atoms with Gasteiger partial charge in [0, 0.05) is 18.7 Å². The molecule has 2 atom stereocenters. The summed E-state index contributed by atoms with van der Waals surface area (Å²) in [6.45, 7) is 2.68. The first-order valence-electron chi connectivity index (χ1n) is 9.65. The lowest BCUT2D eigenvalue weighted by Crippen LogP contribution is -2.40. The second-order valence-corrected chi connectivity index (χ2v) is 7.78. The van der Waals surface area contributed by atoms with Gasteiger partial charge in [-0.05, 0) is 43.4 Å². The van der Waals surface area contributed by atoms with Gasteiger partial charge in [0.15, 0.2) is 0 Å². The number of hydrogen-bond donors (Lipinski definition) is 4. The van der Waals surface area contributed by atoms with Gasteiger partial charge in [0.2, 0.25) is 0 Å². The van der Waals surface area contributed by atoms with Crippen molar-refractivity contribution >= 4 is 23.8 Å². The summed E-state index contributed by atoms with van der Waals surface area (Å²) in [7, 11) is 0. The summed E-state index contributed by atoms with van der Waals surface area (Å²) in [4.78, 5) is 47.9. The number of hydrogen-bond acceptors (Lipinski definition) is 5. The minimum atomic E-state index is -1.22. The highest BCUT2D eigenvalue weighted by molar-refractivity contribution is 6.07. The van der Waals surface area contributed by atoms with E-state index in [0.29, 0.717) is 36.2 Å². The van der Waals surface area contributed by atoms with Crippen LogP contribution in [0.2, 0.25) is 0 Å². The van der Waals surface area contributed by atoms with Crippen LogP contribution in [0.15, 0.2) is 30.5 Å². The number of urea groups is 1. The molecule has 2 aromatic rings. The Kier molecular flexibility index (Phi) is 4.76. The fraction of sp³-hybridized carbons (Fsp3) is 0.350. The highest BCUT2D eigenvalue weighted by Crippen LogP contribution is 2.25. The number of benzene rings is 1. The molecule has 2 aliphatic heterocycles. The van der Waals surface area contributed by atoms with E-state index >= 15 is 0 Å². The maximum Gasteiger partial charge on any atom is 0.322 e. The van der Waals surface area contributed by atoms with Crippen molar-refractivity contribution in [2.75, 3.05) is 6.54 Å². The van der Waals surface area contributed by atoms with Gasteiger partial charge in [0.1, 0.15) is 5.54 Å². The SMILES string of the molecule is CC1(c2cccc(C(=O)NCC3CCn4ncc(C(N)=O)c4C3)c2)NC(=O)NC1=O. The zero-order valence-corrected chi connectivity index (χ0v) is 16.4. The fourth-order valence-corrected chi connectivity index (χ4v) is 3.94. The van der Waals surface area contributed by atoms with Crippen molar-refractivity contribution in [3.05, 3.63) is 52.8 Å². The lowest BCUT2D eigenvalue weighted by Gasteiger charge is -2.24. The van der Waals surface area contributed by atoms with Crippen LogP contribution >= 0.6 is 0 Å². The number of nitrogens with two attached hydrogens (primary N) is 1. The molecule has 1 saturated heterocycles. The number of carbonyl (C=O) groups is 4. The van der Waals surface area contributed by atoms with Gasteiger partial charge in [-0.3, -0.25) is 24.4 Å². The highest BCUT2D eigenvalue weighted by Gasteiger charge is 2.43. The topological polar surface area (TPSA) is 148 Å². The number of amides is 5. The van der Waals surface area contributed by atoms with Crippen molar-refractivity contribution < 1.29 is 19.2 Å². The molecule has 4 rings (SSSR count). The minimum Gasteiger partial charge on any atom is -0.365 e. The predicted octanol–water partition coefficient (Wildman–Crippen LogP) is 0.0290. The van der Waals surface area contributed by atoms with Crippen LogP contribution in [0.4, 0.5) is 4.79 Å². The fourth-order valence-electron chi connectivity index (χ4n) is 3.94. The van der Waals surface area contributed by atoms with Crippen molar-refractivity contribution in [1.29, 1.82) is 0 Å². The van der Waals surface area contributed by atoms with E-state index in [1.165, 1.54) is 6.20 Å². The molecule has 0 bridgehead atoms. The molecule has 0 aliphatic carbocycles. The molecule has 5 amide bonds. The largest absolute Gasteiger partial charge is 0.365 e. The van der Waals surface area contributed by atoms with E-state index < -0.39 is 23.4 Å². The van der Waals surface area contributed by atoms with Crippen LogP contribution in [-0.2, 0) is 23.3 Å². The summed E-state index contributed by atoms with van der Waals surface area (Å²) in [5.74, 6) is -1.10. The van der Waals surface area contributed by atoms with Gasteiger partial charge < -0.3 is 16.4 Å². The van der Waals surface area contributed by atoms with E-state index in [9.17, 15) is 19.2 Å². The summed E-state index contributed by atoms with van der Waals surface area (Å²) >= 11 is 0. The van der Waals surface area contributed by atoms with Crippen molar-refractivity contribution in [2.45, 2.75) is 31.8 Å². The summed E-state index contributed by atoms with van der Waals surface area (Å²) in [6, 6.07) is 6.05. The van der Waals surface area contributed by atoms with Crippen LogP contribution in [0.1, 0.15) is 45.3 Å². The number of carbonyl (C=O) groups excluding carboxylic acids is 4. The second-order valence-electron chi connectivity index (χ2n) is 7.78. The van der Waals surface area contributed by atoms with E-state index in [-0.39, 0.29) is 11.8 Å². The Labute approximate surface area is 172 Å². The van der Waals surface area contributed by atoms with E-state index in [1.807, 2.05) is 0 Å². The Morgan fingerprint density at radius 1 is 1.37 bits per heavy atom. The lowest BCUT2D eigenvalue weighted by atomic mass is 9.91. The highest BCUT2D eigenvalue weighted by atomic mass is 16.2. The summed E-state index contributed by atoms with van der Waals surface area (Å²) < 4.78 is 1.78. The first kappa shape index (κ1) is 19.6. The van der Waals surface area contributed by atoms with Gasteiger partial charge in [-0.25, -0.2) is 4.79 Å². The van der Waals surface area contributed by atoms with E-state index in [2.05, 4.69) is 21.0 Å². The van der Waals surface area contributed by atoms with Gasteiger partial charge in [-0.15, -0.1) is 0 Å². The number of aryl methyl sites for hydroxylation is 1. The predicted molar refractivity (Wildman–Crippen MR) is 105 cm³/mol. The number of aromatic nitrogens is 2. The number of fused-ring (bicyclic) bond motifs is 1. The van der Waals surface area contributed by atoms with Crippen molar-refractivity contribution in [2.24, 2.45) is 11.7 Å². The van der Waals surface area contributed by atoms with E-state index in [0.717, 1.165) is 12.1 Å². The summed E-state index contributed by atoms with van der Waals surface area (Å²) in [5.41, 5.74) is 6.31. The normalized spacial score (nSPS) is 22.8. The molecule has 1 fully saturated rings. The zero-order valence-electron chi connectivity index (χ0n) is 16.4. The molecule has 1 aromatic heterocycles. The average Bonchev–Trinajstić information content (AvgIpc) is 3.26. The maximum atomic E-state index is 12.7. The average molecular weight is 410 g/mol. The molecule has 10 nitrogen and oxygen atoms in total. The van der Waals surface area contributed by atoms with Crippen molar-refractivity contribution in [3.8, 4) is 0 Å². The number of nitrogens with zero attached hydrogens (tertiary/aromatic N) is 2. The van der Waals surface area contributed by atoms with Gasteiger partial charge >= 0.3 is 6.03 Å². The number of primary amides is 1. The van der Waals surface area contributed by atoms with E-state index in [4.69, 9.17) is 5.73 Å². The third-order valence-corrected chi connectivity index (χ3v) is 5.74. The Morgan fingerprint density at radius 2 is 2.17 bits per heavy atom. The molecule has 30 heavy (non-hydrogen) atoms. The van der Waals surface area contributed by atoms with Crippen LogP contribution in [0, 0.1) is 5.92 Å². The number of nitrogens with one attached hydrogen (secondary N) is 3. The van der Waals surface area contributed by atoms with Gasteiger partial charge in [-0.1, -0.05) is 12.1 Å². The third-order valence-electron chi connectivity index (χ3n) is 5.74. The Bertz CT molecular complexity index is 1060. The first-order valence-corrected chi connectivity index (χ1v) is 9.65. The number of rotatable bonds is 5. The summed E-state index contributed by atoms with van der Waals surface area (Å²) in [5, 5.41) is 11.9. The molecule has 156 valence electrons. The van der Waals surface area contributed by atoms with Crippen LogP contribution in [0.25, 0.3) is 0 Å². The maximum absolute atomic E-state index is 12.7. The molecule has 10 heteroatoms. The monoisotopic (exact) mass is 410 g/mol. The lowest BCUT2D eigenvalue weighted by molar-refractivity contribution is -0.123. The molecule has 2 unspecified atom stereocenters. The molecule has 0 spiro atoms. The first-order chi connectivity index (χ1) is 14.3. The van der Waals surface area contributed by atoms with Crippen molar-refractivity contribution in [3.63, 3.8) is 0 Å². The molecule has 0 radical (unpaired) electrons. The standard InChI is InChI=1S/C20H22N6O4/c1-20(18(29)24-19(30)25-20)13-4-2-3-12(8-13)17(28)22-9-11-5-6-26-15(7-11)14(10-23-26)16(21)27/h2-4,8,10-11H,5-7,9H2,1H3,(H2,21,27)(H,22,28)(H2,24,25,29,30). The Morgan fingerprint density at radius 3 is 2.87 bits per heavy atom. The molecule has 0 saturated carbocycles. The molecular formula is C20H22N6O4. The molecule has 2 aliphatic rings. The van der Waals surface area contributed by atoms with Crippen LogP contribution < -0.4 is 21.7 Å². The molecule has 3 heterocycles. The third kappa shape index (κ3) is 3.40. The van der Waals surface area contributed by atoms with Crippen LogP contribution in [-0.4, -0.2) is 40.1 Å². The van der Waals surface area contributed by atoms with Crippen LogP contribution in [0.5, 0.6) is 0 Å². The van der Waals surface area contributed by atoms with Gasteiger partial charge in [-0.2, -0.15) is 5.10 Å². The van der Waals surface area contributed by atoms with E-state index in [1.54, 1.807) is 35.9 Å². The molecule has 1 aromatic carbocycles. The smallest absolute Gasteiger partial charge is 0.322 e. The minimum absolute atomic E-state index is 0.150. The van der Waals surface area contributed by atoms with Crippen LogP contribution in [0.3, 0.4) is 0 Å².